The van der Waals surface area contributed by atoms with Crippen LogP contribution in [0.2, 0.25) is 0 Å². The summed E-state index contributed by atoms with van der Waals surface area (Å²) in [6.07, 6.45) is 2.17. The van der Waals surface area contributed by atoms with Crippen molar-refractivity contribution in [3.05, 3.63) is 48.2 Å². The molecule has 3 rings (SSSR count). The van der Waals surface area contributed by atoms with Crippen LogP contribution in [0.15, 0.2) is 42.5 Å². The lowest BCUT2D eigenvalue weighted by Crippen LogP contribution is -2.32. The van der Waals surface area contributed by atoms with Gasteiger partial charge in [-0.2, -0.15) is 0 Å². The van der Waals surface area contributed by atoms with Gasteiger partial charge in [0, 0.05) is 18.8 Å². The number of carbonyl (C=O) groups is 1. The topological polar surface area (TPSA) is 76.1 Å². The van der Waals surface area contributed by atoms with E-state index in [1.807, 2.05) is 30.3 Å². The van der Waals surface area contributed by atoms with Crippen LogP contribution < -0.4 is 10.6 Å². The molecule has 2 heterocycles. The molecule has 22 heavy (non-hydrogen) atoms. The Morgan fingerprint density at radius 1 is 1.18 bits per heavy atom. The van der Waals surface area contributed by atoms with Gasteiger partial charge in [0.15, 0.2) is 11.5 Å². The van der Waals surface area contributed by atoms with Crippen LogP contribution in [-0.4, -0.2) is 35.4 Å². The predicted octanol–water partition coefficient (Wildman–Crippen LogP) is 2.13. The van der Waals surface area contributed by atoms with Gasteiger partial charge in [-0.1, -0.05) is 18.2 Å². The summed E-state index contributed by atoms with van der Waals surface area (Å²) in [6, 6.07) is 13.1. The normalized spacial score (nSPS) is 17.2. The molecule has 0 spiro atoms. The third kappa shape index (κ3) is 3.79. The minimum Gasteiger partial charge on any atom is -0.376 e. The number of aromatic nitrogens is 2. The van der Waals surface area contributed by atoms with Crippen molar-refractivity contribution in [2.45, 2.75) is 18.9 Å². The monoisotopic (exact) mass is 298 g/mol. The van der Waals surface area contributed by atoms with Crippen molar-refractivity contribution in [2.75, 3.05) is 18.5 Å². The molecule has 1 aliphatic rings. The Morgan fingerprint density at radius 3 is 2.73 bits per heavy atom. The molecular weight excluding hydrogens is 280 g/mol. The number of nitrogens with zero attached hydrogens (tertiary/aromatic N) is 2. The average Bonchev–Trinajstić information content (AvgIpc) is 3.08. The Hall–Kier alpha value is -2.47. The van der Waals surface area contributed by atoms with E-state index in [9.17, 15) is 4.79 Å². The van der Waals surface area contributed by atoms with E-state index in [0.29, 0.717) is 18.1 Å². The first-order valence-corrected chi connectivity index (χ1v) is 7.37. The molecule has 114 valence electrons. The van der Waals surface area contributed by atoms with E-state index in [4.69, 9.17) is 4.74 Å². The van der Waals surface area contributed by atoms with E-state index in [1.165, 1.54) is 0 Å². The van der Waals surface area contributed by atoms with E-state index in [-0.39, 0.29) is 12.0 Å². The van der Waals surface area contributed by atoms with Gasteiger partial charge < -0.3 is 15.4 Å². The molecule has 2 N–H and O–H groups in total. The first-order chi connectivity index (χ1) is 10.8. The fraction of sp³-hybridized carbons (Fsp3) is 0.312. The number of anilines is 2. The number of amides is 1. The number of rotatable bonds is 5. The summed E-state index contributed by atoms with van der Waals surface area (Å²) in [5, 5.41) is 13.9. The quantitative estimate of drug-likeness (QED) is 0.884. The van der Waals surface area contributed by atoms with Crippen molar-refractivity contribution in [3.8, 4) is 0 Å². The second-order valence-corrected chi connectivity index (χ2v) is 5.14. The summed E-state index contributed by atoms with van der Waals surface area (Å²) in [5.41, 5.74) is 1.23. The first kappa shape index (κ1) is 14.5. The Kier molecular flexibility index (Phi) is 4.60. The van der Waals surface area contributed by atoms with Crippen molar-refractivity contribution in [3.63, 3.8) is 0 Å². The smallest absolute Gasteiger partial charge is 0.271 e. The number of ether oxygens (including phenoxy) is 1. The molecule has 1 atom stereocenters. The molecule has 1 aromatic carbocycles. The number of hydrogen-bond acceptors (Lipinski definition) is 5. The maximum atomic E-state index is 12.0. The highest BCUT2D eigenvalue weighted by atomic mass is 16.5. The molecule has 0 radical (unpaired) electrons. The molecule has 6 nitrogen and oxygen atoms in total. The maximum Gasteiger partial charge on any atom is 0.271 e. The van der Waals surface area contributed by atoms with Gasteiger partial charge in [-0.15, -0.1) is 10.2 Å². The number of para-hydroxylation sites is 1. The lowest BCUT2D eigenvalue weighted by molar-refractivity contribution is 0.0853. The predicted molar refractivity (Wildman–Crippen MR) is 83.1 cm³/mol. The average molecular weight is 298 g/mol. The number of hydrogen-bond donors (Lipinski definition) is 2. The van der Waals surface area contributed by atoms with Gasteiger partial charge in [-0.05, 0) is 37.1 Å². The van der Waals surface area contributed by atoms with Crippen molar-refractivity contribution in [1.29, 1.82) is 0 Å². The third-order valence-corrected chi connectivity index (χ3v) is 3.46. The SMILES string of the molecule is O=C(NCC1CCCO1)c1ccc(Nc2ccccc2)nn1. The summed E-state index contributed by atoms with van der Waals surface area (Å²) in [7, 11) is 0. The van der Waals surface area contributed by atoms with Gasteiger partial charge in [0.05, 0.1) is 6.10 Å². The molecule has 1 unspecified atom stereocenters. The van der Waals surface area contributed by atoms with Crippen molar-refractivity contribution in [2.24, 2.45) is 0 Å². The second kappa shape index (κ2) is 7.00. The van der Waals surface area contributed by atoms with Crippen molar-refractivity contribution >= 4 is 17.4 Å². The van der Waals surface area contributed by atoms with Crippen LogP contribution in [0, 0.1) is 0 Å². The van der Waals surface area contributed by atoms with Crippen molar-refractivity contribution < 1.29 is 9.53 Å². The minimum atomic E-state index is -0.228. The van der Waals surface area contributed by atoms with Crippen LogP contribution in [0.4, 0.5) is 11.5 Å². The summed E-state index contributed by atoms with van der Waals surface area (Å²) >= 11 is 0. The molecule has 0 saturated carbocycles. The van der Waals surface area contributed by atoms with Gasteiger partial charge in [0.25, 0.3) is 5.91 Å². The highest BCUT2D eigenvalue weighted by Crippen LogP contribution is 2.13. The zero-order valence-corrected chi connectivity index (χ0v) is 12.2. The number of nitrogens with one attached hydrogen (secondary N) is 2. The largest absolute Gasteiger partial charge is 0.376 e. The Bertz CT molecular complexity index is 610. The molecule has 0 bridgehead atoms. The Morgan fingerprint density at radius 2 is 2.05 bits per heavy atom. The molecule has 1 amide bonds. The zero-order chi connectivity index (χ0) is 15.2. The molecule has 0 aliphatic carbocycles. The van der Waals surface area contributed by atoms with Gasteiger partial charge in [0.1, 0.15) is 0 Å². The van der Waals surface area contributed by atoms with E-state index in [1.54, 1.807) is 12.1 Å². The Labute approximate surface area is 128 Å². The Balaban J connectivity index is 1.55. The van der Waals surface area contributed by atoms with Crippen LogP contribution in [0.25, 0.3) is 0 Å². The molecule has 2 aromatic rings. The summed E-state index contributed by atoms with van der Waals surface area (Å²) in [5.74, 6) is 0.371. The molecular formula is C16H18N4O2. The van der Waals surface area contributed by atoms with Crippen LogP contribution >= 0.6 is 0 Å². The summed E-state index contributed by atoms with van der Waals surface area (Å²) in [6.45, 7) is 1.30. The van der Waals surface area contributed by atoms with Crippen LogP contribution in [0.3, 0.4) is 0 Å². The molecule has 1 fully saturated rings. The molecule has 1 aromatic heterocycles. The third-order valence-electron chi connectivity index (χ3n) is 3.46. The van der Waals surface area contributed by atoms with E-state index in [0.717, 1.165) is 25.1 Å². The second-order valence-electron chi connectivity index (χ2n) is 5.14. The lowest BCUT2D eigenvalue weighted by atomic mass is 10.2. The standard InChI is InChI=1S/C16H18N4O2/c21-16(17-11-13-7-4-10-22-13)14-8-9-15(20-19-14)18-12-5-2-1-3-6-12/h1-3,5-6,8-9,13H,4,7,10-11H2,(H,17,21)(H,18,20). The lowest BCUT2D eigenvalue weighted by Gasteiger charge is -2.10. The summed E-state index contributed by atoms with van der Waals surface area (Å²) < 4.78 is 5.46. The maximum absolute atomic E-state index is 12.0. The fourth-order valence-corrected chi connectivity index (χ4v) is 2.29. The highest BCUT2D eigenvalue weighted by Gasteiger charge is 2.17. The fourth-order valence-electron chi connectivity index (χ4n) is 2.29. The van der Waals surface area contributed by atoms with Gasteiger partial charge >= 0.3 is 0 Å². The number of benzene rings is 1. The summed E-state index contributed by atoms with van der Waals surface area (Å²) in [4.78, 5) is 12.0. The van der Waals surface area contributed by atoms with E-state index >= 15 is 0 Å². The van der Waals surface area contributed by atoms with Crippen molar-refractivity contribution in [1.82, 2.24) is 15.5 Å². The van der Waals surface area contributed by atoms with E-state index in [2.05, 4.69) is 20.8 Å². The van der Waals surface area contributed by atoms with E-state index < -0.39 is 0 Å². The molecule has 6 heteroatoms. The number of carbonyl (C=O) groups excluding carboxylic acids is 1. The minimum absolute atomic E-state index is 0.121. The van der Waals surface area contributed by atoms with Crippen LogP contribution in [0.1, 0.15) is 23.3 Å². The molecule has 1 saturated heterocycles. The molecule has 1 aliphatic heterocycles. The van der Waals surface area contributed by atoms with Crippen LogP contribution in [0.5, 0.6) is 0 Å². The van der Waals surface area contributed by atoms with Gasteiger partial charge in [-0.3, -0.25) is 4.79 Å². The first-order valence-electron chi connectivity index (χ1n) is 7.37. The highest BCUT2D eigenvalue weighted by molar-refractivity contribution is 5.92. The zero-order valence-electron chi connectivity index (χ0n) is 12.2. The van der Waals surface area contributed by atoms with Crippen LogP contribution in [-0.2, 0) is 4.74 Å². The van der Waals surface area contributed by atoms with Gasteiger partial charge in [-0.25, -0.2) is 0 Å². The van der Waals surface area contributed by atoms with Gasteiger partial charge in [0.2, 0.25) is 0 Å².